The van der Waals surface area contributed by atoms with Gasteiger partial charge in [0.1, 0.15) is 17.7 Å². The summed E-state index contributed by atoms with van der Waals surface area (Å²) in [6.45, 7) is 11.1. The van der Waals surface area contributed by atoms with Crippen molar-refractivity contribution < 1.29 is 23.9 Å². The van der Waals surface area contributed by atoms with Crippen molar-refractivity contribution in [2.45, 2.75) is 72.2 Å². The van der Waals surface area contributed by atoms with Gasteiger partial charge in [0.05, 0.1) is 7.11 Å². The Morgan fingerprint density at radius 3 is 2.17 bits per heavy atom. The fourth-order valence-corrected chi connectivity index (χ4v) is 2.72. The van der Waals surface area contributed by atoms with Crippen molar-refractivity contribution in [1.82, 2.24) is 15.8 Å². The molecule has 1 rings (SSSR count). The quantitative estimate of drug-likeness (QED) is 0.470. The van der Waals surface area contributed by atoms with Gasteiger partial charge in [-0.05, 0) is 45.6 Å². The van der Waals surface area contributed by atoms with Crippen LogP contribution in [0, 0.1) is 5.92 Å². The number of alkyl carbamates (subject to hydrolysis) is 1. The second kappa shape index (κ2) is 11.5. The molecule has 1 aromatic carbocycles. The van der Waals surface area contributed by atoms with Gasteiger partial charge in [0.25, 0.3) is 5.91 Å². The Kier molecular flexibility index (Phi) is 9.78. The zero-order chi connectivity index (χ0) is 22.9. The normalized spacial score (nSPS) is 13.5. The molecule has 1 aromatic rings. The van der Waals surface area contributed by atoms with E-state index in [1.807, 2.05) is 44.2 Å². The number of methoxy groups -OCH3 is 1. The molecule has 0 aliphatic heterocycles. The number of nitrogens with one attached hydrogen (secondary N) is 2. The van der Waals surface area contributed by atoms with E-state index in [0.717, 1.165) is 5.56 Å². The topological polar surface area (TPSA) is 97.0 Å². The Balaban J connectivity index is 2.99. The van der Waals surface area contributed by atoms with Crippen molar-refractivity contribution in [2.75, 3.05) is 7.11 Å². The number of hydrazine groups is 1. The molecule has 2 N–H and O–H groups in total. The van der Waals surface area contributed by atoms with Crippen LogP contribution in [0.4, 0.5) is 4.79 Å². The van der Waals surface area contributed by atoms with Gasteiger partial charge in [-0.15, -0.1) is 0 Å². The molecule has 0 aliphatic carbocycles. The molecule has 0 saturated carbocycles. The fraction of sp³-hybridized carbons (Fsp3) is 0.591. The summed E-state index contributed by atoms with van der Waals surface area (Å²) in [7, 11) is 1.30. The Morgan fingerprint density at radius 2 is 1.67 bits per heavy atom. The van der Waals surface area contributed by atoms with E-state index in [9.17, 15) is 14.4 Å². The maximum absolute atomic E-state index is 13.0. The molecule has 0 fully saturated rings. The summed E-state index contributed by atoms with van der Waals surface area (Å²) in [5.41, 5.74) is 3.01. The highest BCUT2D eigenvalue weighted by molar-refractivity contribution is 5.85. The van der Waals surface area contributed by atoms with Crippen LogP contribution in [-0.2, 0) is 25.6 Å². The molecule has 0 saturated heterocycles. The molecule has 0 radical (unpaired) electrons. The average molecular weight is 422 g/mol. The molecule has 0 spiro atoms. The number of hydrogen-bond acceptors (Lipinski definition) is 6. The second-order valence-electron chi connectivity index (χ2n) is 8.62. The van der Waals surface area contributed by atoms with Crippen LogP contribution in [0.3, 0.4) is 0 Å². The largest absolute Gasteiger partial charge is 0.468 e. The first-order valence-corrected chi connectivity index (χ1v) is 10.1. The van der Waals surface area contributed by atoms with Crippen LogP contribution in [-0.4, -0.2) is 47.8 Å². The summed E-state index contributed by atoms with van der Waals surface area (Å²) in [4.78, 5) is 37.3. The molecule has 0 unspecified atom stereocenters. The van der Waals surface area contributed by atoms with Crippen molar-refractivity contribution in [1.29, 1.82) is 0 Å². The Morgan fingerprint density at radius 1 is 1.07 bits per heavy atom. The van der Waals surface area contributed by atoms with E-state index in [1.165, 1.54) is 12.1 Å². The lowest BCUT2D eigenvalue weighted by Crippen LogP contribution is -2.56. The molecule has 2 amide bonds. The van der Waals surface area contributed by atoms with Gasteiger partial charge in [0.2, 0.25) is 0 Å². The van der Waals surface area contributed by atoms with E-state index in [2.05, 4.69) is 10.7 Å². The summed E-state index contributed by atoms with van der Waals surface area (Å²) in [5.74, 6) is -0.760. The first-order valence-electron chi connectivity index (χ1n) is 10.1. The number of hydrogen-bond donors (Lipinski definition) is 2. The maximum atomic E-state index is 13.0. The SMILES string of the molecule is COC(=O)[C@H](C)N(Cc1ccccc1)NC(=O)[C@@H](CC(C)C)NC(=O)OC(C)(C)C. The molecule has 0 aromatic heterocycles. The van der Waals surface area contributed by atoms with Crippen molar-refractivity contribution in [3.05, 3.63) is 35.9 Å². The number of rotatable bonds is 9. The summed E-state index contributed by atoms with van der Waals surface area (Å²) in [6, 6.07) is 7.90. The fourth-order valence-electron chi connectivity index (χ4n) is 2.72. The molecule has 30 heavy (non-hydrogen) atoms. The predicted molar refractivity (Wildman–Crippen MR) is 114 cm³/mol. The van der Waals surface area contributed by atoms with E-state index in [4.69, 9.17) is 9.47 Å². The number of esters is 1. The molecule has 0 bridgehead atoms. The van der Waals surface area contributed by atoms with Crippen LogP contribution in [0.15, 0.2) is 30.3 Å². The van der Waals surface area contributed by atoms with E-state index < -0.39 is 35.7 Å². The van der Waals surface area contributed by atoms with Crippen LogP contribution in [0.5, 0.6) is 0 Å². The number of benzene rings is 1. The van der Waals surface area contributed by atoms with Crippen LogP contribution in [0.25, 0.3) is 0 Å². The minimum atomic E-state index is -0.817. The number of nitrogens with zero attached hydrogens (tertiary/aromatic N) is 1. The third kappa shape index (κ3) is 9.26. The maximum Gasteiger partial charge on any atom is 0.408 e. The Hall–Kier alpha value is -2.61. The number of amides is 2. The minimum Gasteiger partial charge on any atom is -0.468 e. The average Bonchev–Trinajstić information content (AvgIpc) is 2.64. The third-order valence-corrected chi connectivity index (χ3v) is 4.17. The molecule has 168 valence electrons. The van der Waals surface area contributed by atoms with Crippen LogP contribution < -0.4 is 10.7 Å². The van der Waals surface area contributed by atoms with Gasteiger partial charge in [-0.25, -0.2) is 9.80 Å². The molecular formula is C22H35N3O5. The molecule has 0 heterocycles. The van der Waals surface area contributed by atoms with Gasteiger partial charge in [-0.1, -0.05) is 44.2 Å². The van der Waals surface area contributed by atoms with Crippen LogP contribution in [0.2, 0.25) is 0 Å². The Bertz CT molecular complexity index is 700. The van der Waals surface area contributed by atoms with Gasteiger partial charge in [0.15, 0.2) is 0 Å². The zero-order valence-electron chi connectivity index (χ0n) is 19.0. The minimum absolute atomic E-state index is 0.149. The van der Waals surface area contributed by atoms with Gasteiger partial charge >= 0.3 is 12.1 Å². The number of ether oxygens (including phenoxy) is 2. The monoisotopic (exact) mass is 421 g/mol. The zero-order valence-corrected chi connectivity index (χ0v) is 19.0. The van der Waals surface area contributed by atoms with Crippen LogP contribution in [0.1, 0.15) is 53.5 Å². The van der Waals surface area contributed by atoms with E-state index >= 15 is 0 Å². The molecule has 2 atom stereocenters. The van der Waals surface area contributed by atoms with E-state index in [-0.39, 0.29) is 5.92 Å². The summed E-state index contributed by atoms with van der Waals surface area (Å²) in [5, 5.41) is 4.15. The molecule has 8 heteroatoms. The third-order valence-electron chi connectivity index (χ3n) is 4.17. The molecule has 8 nitrogen and oxygen atoms in total. The number of carbonyl (C=O) groups excluding carboxylic acids is 3. The van der Waals surface area contributed by atoms with Crippen molar-refractivity contribution in [3.8, 4) is 0 Å². The van der Waals surface area contributed by atoms with Gasteiger partial charge < -0.3 is 14.8 Å². The summed E-state index contributed by atoms with van der Waals surface area (Å²) < 4.78 is 10.1. The molecular weight excluding hydrogens is 386 g/mol. The lowest BCUT2D eigenvalue weighted by molar-refractivity contribution is -0.149. The highest BCUT2D eigenvalue weighted by atomic mass is 16.6. The Labute approximate surface area is 179 Å². The summed E-state index contributed by atoms with van der Waals surface area (Å²) in [6.07, 6.45) is -0.254. The highest BCUT2D eigenvalue weighted by Gasteiger charge is 2.29. The van der Waals surface area contributed by atoms with E-state index in [1.54, 1.807) is 27.7 Å². The highest BCUT2D eigenvalue weighted by Crippen LogP contribution is 2.12. The van der Waals surface area contributed by atoms with Crippen LogP contribution >= 0.6 is 0 Å². The van der Waals surface area contributed by atoms with Crippen molar-refractivity contribution >= 4 is 18.0 Å². The van der Waals surface area contributed by atoms with Gasteiger partial charge in [-0.3, -0.25) is 15.0 Å². The van der Waals surface area contributed by atoms with Gasteiger partial charge in [0, 0.05) is 6.54 Å². The first-order chi connectivity index (χ1) is 13.9. The summed E-state index contributed by atoms with van der Waals surface area (Å²) >= 11 is 0. The standard InChI is InChI=1S/C22H35N3O5/c1-15(2)13-18(23-21(28)30-22(4,5)6)19(26)24-25(16(3)20(27)29-7)14-17-11-9-8-10-12-17/h8-12,15-16,18H,13-14H2,1-7H3,(H,23,28)(H,24,26)/t16-,18+/m0/s1. The molecule has 0 aliphatic rings. The number of carbonyl (C=O) groups is 3. The lowest BCUT2D eigenvalue weighted by Gasteiger charge is -2.30. The second-order valence-corrected chi connectivity index (χ2v) is 8.62. The van der Waals surface area contributed by atoms with Crippen molar-refractivity contribution in [3.63, 3.8) is 0 Å². The first kappa shape index (κ1) is 25.4. The smallest absolute Gasteiger partial charge is 0.408 e. The van der Waals surface area contributed by atoms with E-state index in [0.29, 0.717) is 13.0 Å². The lowest BCUT2D eigenvalue weighted by atomic mass is 10.0. The van der Waals surface area contributed by atoms with Crippen molar-refractivity contribution in [2.24, 2.45) is 5.92 Å². The van der Waals surface area contributed by atoms with Gasteiger partial charge in [-0.2, -0.15) is 0 Å². The predicted octanol–water partition coefficient (Wildman–Crippen LogP) is 3.02.